The molecule has 0 nitrogen and oxygen atoms in total. The van der Waals surface area contributed by atoms with E-state index in [4.69, 9.17) is 0 Å². The molecule has 82 valence electrons. The monoisotopic (exact) mass is 274 g/mol. The lowest BCUT2D eigenvalue weighted by atomic mass is 9.81. The van der Waals surface area contributed by atoms with E-state index in [9.17, 15) is 8.78 Å². The summed E-state index contributed by atoms with van der Waals surface area (Å²) in [6.45, 7) is 0. The van der Waals surface area contributed by atoms with Crippen molar-refractivity contribution in [1.82, 2.24) is 0 Å². The largest absolute Gasteiger partial charge is 0.204 e. The molecule has 0 N–H and O–H groups in total. The first-order chi connectivity index (χ1) is 7.16. The average molecular weight is 275 g/mol. The van der Waals surface area contributed by atoms with Crippen molar-refractivity contribution in [3.63, 3.8) is 0 Å². The Morgan fingerprint density at radius 2 is 2.00 bits per heavy atom. The van der Waals surface area contributed by atoms with Gasteiger partial charge in [0.2, 0.25) is 0 Å². The molecular formula is C12H13BrF2. The van der Waals surface area contributed by atoms with Gasteiger partial charge in [0.15, 0.2) is 11.6 Å². The van der Waals surface area contributed by atoms with E-state index in [1.165, 1.54) is 31.4 Å². The van der Waals surface area contributed by atoms with Gasteiger partial charge < -0.3 is 0 Å². The Hall–Kier alpha value is -0.440. The van der Waals surface area contributed by atoms with Crippen molar-refractivity contribution in [3.05, 3.63) is 35.4 Å². The number of halogens is 3. The van der Waals surface area contributed by atoms with Gasteiger partial charge in [0, 0.05) is 4.83 Å². The molecule has 15 heavy (non-hydrogen) atoms. The first-order valence-electron chi connectivity index (χ1n) is 5.25. The Morgan fingerprint density at radius 3 is 2.53 bits per heavy atom. The lowest BCUT2D eigenvalue weighted by molar-refractivity contribution is 0.308. The standard InChI is InChI=1S/C12H13BrF2/c13-10(9-2-1-3-9)6-8-4-5-11(14)12(15)7-8/h4-5,7,9-10H,1-3,6H2. The number of hydrogen-bond acceptors (Lipinski definition) is 0. The lowest BCUT2D eigenvalue weighted by Gasteiger charge is -2.30. The fraction of sp³-hybridized carbons (Fsp3) is 0.500. The normalized spacial score (nSPS) is 18.6. The average Bonchev–Trinajstić information content (AvgIpc) is 2.08. The molecule has 0 aliphatic heterocycles. The zero-order valence-corrected chi connectivity index (χ0v) is 9.94. The molecule has 3 heteroatoms. The highest BCUT2D eigenvalue weighted by atomic mass is 79.9. The van der Waals surface area contributed by atoms with Crippen molar-refractivity contribution >= 4 is 15.9 Å². The highest BCUT2D eigenvalue weighted by molar-refractivity contribution is 9.09. The van der Waals surface area contributed by atoms with E-state index >= 15 is 0 Å². The molecule has 0 bridgehead atoms. The molecule has 0 amide bonds. The number of benzene rings is 1. The third-order valence-electron chi connectivity index (χ3n) is 3.08. The van der Waals surface area contributed by atoms with Crippen LogP contribution < -0.4 is 0 Å². The molecule has 0 aromatic heterocycles. The van der Waals surface area contributed by atoms with Gasteiger partial charge in [0.1, 0.15) is 0 Å². The van der Waals surface area contributed by atoms with Gasteiger partial charge in [0.25, 0.3) is 0 Å². The van der Waals surface area contributed by atoms with Crippen LogP contribution in [0.4, 0.5) is 8.78 Å². The van der Waals surface area contributed by atoms with Crippen molar-refractivity contribution < 1.29 is 8.78 Å². The molecule has 1 aromatic rings. The van der Waals surface area contributed by atoms with Gasteiger partial charge in [-0.2, -0.15) is 0 Å². The smallest absolute Gasteiger partial charge is 0.159 e. The molecule has 1 aliphatic rings. The molecule has 0 saturated heterocycles. The summed E-state index contributed by atoms with van der Waals surface area (Å²) >= 11 is 3.62. The highest BCUT2D eigenvalue weighted by Crippen LogP contribution is 2.35. The van der Waals surface area contributed by atoms with Crippen LogP contribution in [0.15, 0.2) is 18.2 Å². The zero-order chi connectivity index (χ0) is 10.8. The molecule has 1 atom stereocenters. The second kappa shape index (κ2) is 4.60. The predicted octanol–water partition coefficient (Wildman–Crippen LogP) is 4.07. The van der Waals surface area contributed by atoms with Crippen molar-refractivity contribution in [1.29, 1.82) is 0 Å². The molecule has 1 aliphatic carbocycles. The maximum absolute atomic E-state index is 12.9. The maximum atomic E-state index is 12.9. The molecule has 1 aromatic carbocycles. The quantitative estimate of drug-likeness (QED) is 0.729. The van der Waals surface area contributed by atoms with Crippen LogP contribution in [0.2, 0.25) is 0 Å². The summed E-state index contributed by atoms with van der Waals surface area (Å²) in [5.41, 5.74) is 0.864. The van der Waals surface area contributed by atoms with Gasteiger partial charge in [-0.15, -0.1) is 0 Å². The van der Waals surface area contributed by atoms with Crippen LogP contribution in [0.1, 0.15) is 24.8 Å². The van der Waals surface area contributed by atoms with Gasteiger partial charge in [0.05, 0.1) is 0 Å². The lowest BCUT2D eigenvalue weighted by Crippen LogP contribution is -2.23. The molecule has 1 fully saturated rings. The van der Waals surface area contributed by atoms with Crippen LogP contribution in [0.5, 0.6) is 0 Å². The molecule has 0 spiro atoms. The van der Waals surface area contributed by atoms with Gasteiger partial charge in [-0.05, 0) is 42.9 Å². The van der Waals surface area contributed by atoms with Gasteiger partial charge in [-0.25, -0.2) is 8.78 Å². The second-order valence-corrected chi connectivity index (χ2v) is 5.34. The maximum Gasteiger partial charge on any atom is 0.159 e. The zero-order valence-electron chi connectivity index (χ0n) is 8.35. The van der Waals surface area contributed by atoms with Crippen LogP contribution >= 0.6 is 15.9 Å². The summed E-state index contributed by atoms with van der Waals surface area (Å²) in [6.07, 6.45) is 4.57. The number of hydrogen-bond donors (Lipinski definition) is 0. The molecular weight excluding hydrogens is 262 g/mol. The summed E-state index contributed by atoms with van der Waals surface area (Å²) in [6, 6.07) is 4.15. The van der Waals surface area contributed by atoms with E-state index in [1.807, 2.05) is 0 Å². The molecule has 1 saturated carbocycles. The minimum Gasteiger partial charge on any atom is -0.204 e. The van der Waals surface area contributed by atoms with E-state index in [2.05, 4.69) is 15.9 Å². The Kier molecular flexibility index (Phi) is 3.39. The Morgan fingerprint density at radius 1 is 1.27 bits per heavy atom. The summed E-state index contributed by atoms with van der Waals surface area (Å²) in [5, 5.41) is 0. The number of rotatable bonds is 3. The van der Waals surface area contributed by atoms with E-state index in [-0.39, 0.29) is 0 Å². The summed E-state index contributed by atoms with van der Waals surface area (Å²) in [5.74, 6) is -0.813. The summed E-state index contributed by atoms with van der Waals surface area (Å²) in [7, 11) is 0. The van der Waals surface area contributed by atoms with Crippen molar-refractivity contribution in [2.24, 2.45) is 5.92 Å². The van der Waals surface area contributed by atoms with Gasteiger partial charge in [-0.3, -0.25) is 0 Å². The molecule has 0 heterocycles. The summed E-state index contributed by atoms with van der Waals surface area (Å²) < 4.78 is 25.6. The van der Waals surface area contributed by atoms with Crippen LogP contribution in [0, 0.1) is 17.6 Å². The minimum atomic E-state index is -0.770. The fourth-order valence-electron chi connectivity index (χ4n) is 1.86. The van der Waals surface area contributed by atoms with E-state index in [0.29, 0.717) is 10.7 Å². The van der Waals surface area contributed by atoms with Gasteiger partial charge in [-0.1, -0.05) is 28.4 Å². The van der Waals surface area contributed by atoms with Crippen LogP contribution in [0.25, 0.3) is 0 Å². The van der Waals surface area contributed by atoms with E-state index in [1.54, 1.807) is 6.07 Å². The first kappa shape index (κ1) is 11.1. The fourth-order valence-corrected chi connectivity index (χ4v) is 2.76. The topological polar surface area (TPSA) is 0 Å². The Balaban J connectivity index is 2.00. The van der Waals surface area contributed by atoms with Crippen LogP contribution in [0.3, 0.4) is 0 Å². The Bertz CT molecular complexity index is 347. The molecule has 1 unspecified atom stereocenters. The number of alkyl halides is 1. The third kappa shape index (κ3) is 2.57. The van der Waals surface area contributed by atoms with E-state index < -0.39 is 11.6 Å². The third-order valence-corrected chi connectivity index (χ3v) is 4.15. The van der Waals surface area contributed by atoms with E-state index in [0.717, 1.165) is 12.0 Å². The van der Waals surface area contributed by atoms with Crippen LogP contribution in [-0.2, 0) is 6.42 Å². The second-order valence-electron chi connectivity index (χ2n) is 4.16. The predicted molar refractivity (Wildman–Crippen MR) is 60.1 cm³/mol. The molecule has 2 rings (SSSR count). The first-order valence-corrected chi connectivity index (χ1v) is 6.16. The van der Waals surface area contributed by atoms with Crippen molar-refractivity contribution in [2.45, 2.75) is 30.5 Å². The minimum absolute atomic E-state index is 0.399. The Labute approximate surface area is 96.8 Å². The van der Waals surface area contributed by atoms with Crippen LogP contribution in [-0.4, -0.2) is 4.83 Å². The SMILES string of the molecule is Fc1ccc(CC(Br)C2CCC2)cc1F. The molecule has 0 radical (unpaired) electrons. The van der Waals surface area contributed by atoms with Crippen molar-refractivity contribution in [3.8, 4) is 0 Å². The van der Waals surface area contributed by atoms with Gasteiger partial charge >= 0.3 is 0 Å². The summed E-state index contributed by atoms with van der Waals surface area (Å²) in [4.78, 5) is 0.399. The van der Waals surface area contributed by atoms with Crippen molar-refractivity contribution in [2.75, 3.05) is 0 Å². The highest BCUT2D eigenvalue weighted by Gasteiger charge is 2.25.